The van der Waals surface area contributed by atoms with E-state index in [1.165, 1.54) is 10.7 Å². The Kier molecular flexibility index (Phi) is 5.54. The molecule has 1 amide bonds. The van der Waals surface area contributed by atoms with E-state index in [-0.39, 0.29) is 24.1 Å². The second-order valence-corrected chi connectivity index (χ2v) is 6.49. The number of hydrogen-bond acceptors (Lipinski definition) is 3. The lowest BCUT2D eigenvalue weighted by atomic mass is 10.2. The van der Waals surface area contributed by atoms with E-state index in [1.54, 1.807) is 0 Å². The third-order valence-electron chi connectivity index (χ3n) is 4.62. The molecular weight excluding hydrogens is 338 g/mol. The van der Waals surface area contributed by atoms with Gasteiger partial charge in [-0.1, -0.05) is 0 Å². The summed E-state index contributed by atoms with van der Waals surface area (Å²) < 4.78 is 27.2. The Hall–Kier alpha value is -2.44. The van der Waals surface area contributed by atoms with Crippen molar-refractivity contribution in [2.24, 2.45) is 0 Å². The van der Waals surface area contributed by atoms with Crippen molar-refractivity contribution in [3.63, 3.8) is 0 Å². The Balaban J connectivity index is 1.66. The molecule has 1 aromatic heterocycles. The molecule has 0 radical (unpaired) electrons. The number of carbonyl (C=O) groups is 1. The van der Waals surface area contributed by atoms with Crippen molar-refractivity contribution in [3.8, 4) is 0 Å². The van der Waals surface area contributed by atoms with Gasteiger partial charge < -0.3 is 10.2 Å². The molecular formula is C19H24F2N4O. The molecule has 0 bridgehead atoms. The number of aromatic nitrogens is 2. The fraction of sp³-hybridized carbons (Fsp3) is 0.474. The molecule has 0 atom stereocenters. The molecule has 1 aliphatic rings. The van der Waals surface area contributed by atoms with E-state index in [2.05, 4.69) is 29.2 Å². The fourth-order valence-corrected chi connectivity index (χ4v) is 3.07. The molecule has 1 saturated carbocycles. The number of carbonyl (C=O) groups excluding carboxylic acids is 1. The van der Waals surface area contributed by atoms with E-state index in [1.807, 2.05) is 24.3 Å². The van der Waals surface area contributed by atoms with Crippen LogP contribution < -0.4 is 10.2 Å². The summed E-state index contributed by atoms with van der Waals surface area (Å²) in [7, 11) is 0. The summed E-state index contributed by atoms with van der Waals surface area (Å²) in [5.41, 5.74) is 2.24. The first-order valence-electron chi connectivity index (χ1n) is 9.02. The molecule has 5 nitrogen and oxygen atoms in total. The lowest BCUT2D eigenvalue weighted by Crippen LogP contribution is -2.22. The minimum absolute atomic E-state index is 0.0592. The number of amides is 1. The summed E-state index contributed by atoms with van der Waals surface area (Å²) in [6.07, 6.45) is -0.699. The highest BCUT2D eigenvalue weighted by Crippen LogP contribution is 2.41. The van der Waals surface area contributed by atoms with E-state index in [4.69, 9.17) is 0 Å². The van der Waals surface area contributed by atoms with Crippen LogP contribution in [0.25, 0.3) is 0 Å². The molecule has 1 fully saturated rings. The Labute approximate surface area is 152 Å². The molecule has 0 spiro atoms. The summed E-state index contributed by atoms with van der Waals surface area (Å²) in [6, 6.07) is 9.04. The second-order valence-electron chi connectivity index (χ2n) is 6.49. The van der Waals surface area contributed by atoms with Gasteiger partial charge in [-0.05, 0) is 57.0 Å². The smallest absolute Gasteiger partial charge is 0.282 e. The SMILES string of the molecule is CCN(CC)c1ccc(NC(=O)Cn2nc(C(F)F)cc2C2CC2)cc1. The van der Waals surface area contributed by atoms with Gasteiger partial charge in [-0.25, -0.2) is 8.78 Å². The van der Waals surface area contributed by atoms with Gasteiger partial charge in [-0.2, -0.15) is 5.10 Å². The zero-order chi connectivity index (χ0) is 18.7. The summed E-state index contributed by atoms with van der Waals surface area (Å²) in [5.74, 6) is -0.0254. The first kappa shape index (κ1) is 18.4. The van der Waals surface area contributed by atoms with Crippen LogP contribution in [0, 0.1) is 0 Å². The monoisotopic (exact) mass is 362 g/mol. The average Bonchev–Trinajstić information content (AvgIpc) is 3.38. The third kappa shape index (κ3) is 4.20. The Morgan fingerprint density at radius 1 is 1.27 bits per heavy atom. The van der Waals surface area contributed by atoms with Crippen molar-refractivity contribution in [2.75, 3.05) is 23.3 Å². The highest BCUT2D eigenvalue weighted by Gasteiger charge is 2.30. The van der Waals surface area contributed by atoms with E-state index in [0.717, 1.165) is 37.3 Å². The number of nitrogens with one attached hydrogen (secondary N) is 1. The molecule has 0 aliphatic heterocycles. The maximum atomic E-state index is 12.9. The number of anilines is 2. The van der Waals surface area contributed by atoms with E-state index in [9.17, 15) is 13.6 Å². The lowest BCUT2D eigenvalue weighted by Gasteiger charge is -2.21. The topological polar surface area (TPSA) is 50.2 Å². The molecule has 140 valence electrons. The molecule has 0 saturated heterocycles. The van der Waals surface area contributed by atoms with E-state index in [0.29, 0.717) is 5.69 Å². The van der Waals surface area contributed by atoms with Gasteiger partial charge in [0.05, 0.1) is 0 Å². The number of alkyl halides is 2. The van der Waals surface area contributed by atoms with Crippen LogP contribution >= 0.6 is 0 Å². The van der Waals surface area contributed by atoms with Crippen LogP contribution in [0.15, 0.2) is 30.3 Å². The molecule has 1 heterocycles. The maximum Gasteiger partial charge on any atom is 0.282 e. The zero-order valence-electron chi connectivity index (χ0n) is 15.1. The number of rotatable bonds is 8. The summed E-state index contributed by atoms with van der Waals surface area (Å²) in [4.78, 5) is 14.5. The van der Waals surface area contributed by atoms with Crippen LogP contribution in [0.5, 0.6) is 0 Å². The maximum absolute atomic E-state index is 12.9. The van der Waals surface area contributed by atoms with E-state index >= 15 is 0 Å². The molecule has 1 aliphatic carbocycles. The standard InChI is InChI=1S/C19H24F2N4O/c1-3-24(4-2)15-9-7-14(8-10-15)22-18(26)12-25-17(13-5-6-13)11-16(23-25)19(20)21/h7-11,13,19H,3-6,12H2,1-2H3,(H,22,26). The number of halogens is 2. The van der Waals surface area contributed by atoms with Crippen molar-refractivity contribution in [1.29, 1.82) is 0 Å². The van der Waals surface area contributed by atoms with Gasteiger partial charge in [0.25, 0.3) is 6.43 Å². The quantitative estimate of drug-likeness (QED) is 0.766. The van der Waals surface area contributed by atoms with Gasteiger partial charge in [0.15, 0.2) is 0 Å². The summed E-state index contributed by atoms with van der Waals surface area (Å²) >= 11 is 0. The largest absolute Gasteiger partial charge is 0.372 e. The van der Waals surface area contributed by atoms with Crippen LogP contribution in [-0.2, 0) is 11.3 Å². The van der Waals surface area contributed by atoms with Crippen LogP contribution in [0.2, 0.25) is 0 Å². The predicted molar refractivity (Wildman–Crippen MR) is 97.8 cm³/mol. The Bertz CT molecular complexity index is 749. The van der Waals surface area contributed by atoms with Crippen molar-refractivity contribution in [1.82, 2.24) is 9.78 Å². The molecule has 3 rings (SSSR count). The van der Waals surface area contributed by atoms with Gasteiger partial charge in [-0.3, -0.25) is 9.48 Å². The normalized spacial score (nSPS) is 13.9. The lowest BCUT2D eigenvalue weighted by molar-refractivity contribution is -0.117. The first-order valence-corrected chi connectivity index (χ1v) is 9.02. The molecule has 7 heteroatoms. The minimum Gasteiger partial charge on any atom is -0.372 e. The van der Waals surface area contributed by atoms with Gasteiger partial charge >= 0.3 is 0 Å². The van der Waals surface area contributed by atoms with Gasteiger partial charge in [-0.15, -0.1) is 0 Å². The van der Waals surface area contributed by atoms with Crippen molar-refractivity contribution in [3.05, 3.63) is 41.7 Å². The molecule has 2 aromatic rings. The Morgan fingerprint density at radius 2 is 1.92 bits per heavy atom. The van der Waals surface area contributed by atoms with E-state index < -0.39 is 6.43 Å². The zero-order valence-corrected chi connectivity index (χ0v) is 15.1. The number of nitrogens with zero attached hydrogens (tertiary/aromatic N) is 3. The minimum atomic E-state index is -2.62. The summed E-state index contributed by atoms with van der Waals surface area (Å²) in [6.45, 7) is 5.95. The van der Waals surface area contributed by atoms with Crippen LogP contribution in [-0.4, -0.2) is 28.8 Å². The molecule has 1 aromatic carbocycles. The molecule has 1 N–H and O–H groups in total. The van der Waals surface area contributed by atoms with Crippen LogP contribution in [0.4, 0.5) is 20.2 Å². The predicted octanol–water partition coefficient (Wildman–Crippen LogP) is 4.18. The van der Waals surface area contributed by atoms with Crippen molar-refractivity contribution >= 4 is 17.3 Å². The van der Waals surface area contributed by atoms with Crippen LogP contribution in [0.1, 0.15) is 50.4 Å². The van der Waals surface area contributed by atoms with Crippen molar-refractivity contribution in [2.45, 2.75) is 45.6 Å². The second kappa shape index (κ2) is 7.85. The molecule has 26 heavy (non-hydrogen) atoms. The number of hydrogen-bond donors (Lipinski definition) is 1. The first-order chi connectivity index (χ1) is 12.5. The van der Waals surface area contributed by atoms with Crippen molar-refractivity contribution < 1.29 is 13.6 Å². The van der Waals surface area contributed by atoms with Crippen LogP contribution in [0.3, 0.4) is 0 Å². The van der Waals surface area contributed by atoms with Gasteiger partial charge in [0.2, 0.25) is 5.91 Å². The Morgan fingerprint density at radius 3 is 2.46 bits per heavy atom. The molecule has 0 unspecified atom stereocenters. The van der Waals surface area contributed by atoms with Gasteiger partial charge in [0.1, 0.15) is 12.2 Å². The average molecular weight is 362 g/mol. The number of benzene rings is 1. The summed E-state index contributed by atoms with van der Waals surface area (Å²) in [5, 5.41) is 6.72. The fourth-order valence-electron chi connectivity index (χ4n) is 3.07. The third-order valence-corrected chi connectivity index (χ3v) is 4.62. The highest BCUT2D eigenvalue weighted by molar-refractivity contribution is 5.90. The highest BCUT2D eigenvalue weighted by atomic mass is 19.3. The van der Waals surface area contributed by atoms with Gasteiger partial charge in [0, 0.05) is 36.1 Å².